The highest BCUT2D eigenvalue weighted by atomic mass is 16.5. The lowest BCUT2D eigenvalue weighted by Gasteiger charge is -2.08. The fraction of sp³-hybridized carbons (Fsp3) is 0.348. The fourth-order valence-electron chi connectivity index (χ4n) is 2.70. The molecule has 0 aliphatic carbocycles. The predicted octanol–water partition coefficient (Wildman–Crippen LogP) is 6.47. The van der Waals surface area contributed by atoms with Gasteiger partial charge in [0.1, 0.15) is 5.75 Å². The number of allylic oxidation sites excluding steroid dienone is 1. The van der Waals surface area contributed by atoms with Gasteiger partial charge in [0, 0.05) is 0 Å². The average Bonchev–Trinajstić information content (AvgIpc) is 2.65. The number of unbranched alkanes of at least 4 members (excludes halogenated alkanes) is 4. The van der Waals surface area contributed by atoms with Crippen LogP contribution in [0.15, 0.2) is 48.5 Å². The summed E-state index contributed by atoms with van der Waals surface area (Å²) in [6.07, 6.45) is 8.40. The van der Waals surface area contributed by atoms with Crippen LogP contribution >= 0.6 is 0 Å². The van der Waals surface area contributed by atoms with Gasteiger partial charge in [0.05, 0.1) is 18.2 Å². The van der Waals surface area contributed by atoms with E-state index in [4.69, 9.17) is 10.00 Å². The van der Waals surface area contributed by atoms with Crippen molar-refractivity contribution in [1.29, 1.82) is 5.26 Å². The van der Waals surface area contributed by atoms with Gasteiger partial charge >= 0.3 is 0 Å². The summed E-state index contributed by atoms with van der Waals surface area (Å²) in [5.74, 6) is 0.936. The summed E-state index contributed by atoms with van der Waals surface area (Å²) < 4.78 is 5.81. The van der Waals surface area contributed by atoms with E-state index in [2.05, 4.69) is 38.1 Å². The molecule has 0 atom stereocenters. The van der Waals surface area contributed by atoms with Crippen molar-refractivity contribution in [3.8, 4) is 11.8 Å². The number of rotatable bonds is 9. The highest BCUT2D eigenvalue weighted by molar-refractivity contribution is 5.80. The molecule has 0 saturated heterocycles. The molecular weight excluding hydrogens is 306 g/mol. The molecule has 130 valence electrons. The molecule has 0 unspecified atom stereocenters. The second-order valence-electron chi connectivity index (χ2n) is 6.35. The van der Waals surface area contributed by atoms with Crippen LogP contribution in [0.25, 0.3) is 11.6 Å². The monoisotopic (exact) mass is 333 g/mol. The predicted molar refractivity (Wildman–Crippen MR) is 105 cm³/mol. The second-order valence-corrected chi connectivity index (χ2v) is 6.35. The van der Waals surface area contributed by atoms with Gasteiger partial charge in [-0.2, -0.15) is 5.26 Å². The van der Waals surface area contributed by atoms with E-state index in [1.54, 1.807) is 0 Å². The Balaban J connectivity index is 1.87. The van der Waals surface area contributed by atoms with E-state index in [1.165, 1.54) is 36.8 Å². The third kappa shape index (κ3) is 6.47. The highest BCUT2D eigenvalue weighted by Crippen LogP contribution is 2.21. The average molecular weight is 333 g/mol. The van der Waals surface area contributed by atoms with Crippen molar-refractivity contribution in [1.82, 2.24) is 0 Å². The van der Waals surface area contributed by atoms with Gasteiger partial charge in [-0.1, -0.05) is 62.9 Å². The quantitative estimate of drug-likeness (QED) is 0.389. The Morgan fingerprint density at radius 2 is 1.64 bits per heavy atom. The summed E-state index contributed by atoms with van der Waals surface area (Å²) >= 11 is 0. The van der Waals surface area contributed by atoms with Crippen LogP contribution in [-0.4, -0.2) is 6.61 Å². The van der Waals surface area contributed by atoms with Crippen LogP contribution in [0.5, 0.6) is 5.75 Å². The fourth-order valence-corrected chi connectivity index (χ4v) is 2.70. The van der Waals surface area contributed by atoms with Gasteiger partial charge in [-0.3, -0.25) is 0 Å². The zero-order valence-electron chi connectivity index (χ0n) is 15.3. The largest absolute Gasteiger partial charge is 0.494 e. The summed E-state index contributed by atoms with van der Waals surface area (Å²) in [4.78, 5) is 0. The van der Waals surface area contributed by atoms with Crippen molar-refractivity contribution in [3.05, 3.63) is 65.2 Å². The van der Waals surface area contributed by atoms with E-state index in [-0.39, 0.29) is 0 Å². The number of hydrogen-bond donors (Lipinski definition) is 0. The van der Waals surface area contributed by atoms with Crippen LogP contribution in [0, 0.1) is 11.3 Å². The van der Waals surface area contributed by atoms with Gasteiger partial charge in [0.15, 0.2) is 0 Å². The van der Waals surface area contributed by atoms with Crippen LogP contribution in [-0.2, 0) is 0 Å². The van der Waals surface area contributed by atoms with E-state index in [1.807, 2.05) is 36.4 Å². The van der Waals surface area contributed by atoms with E-state index >= 15 is 0 Å². The molecule has 2 aromatic rings. The number of hydrogen-bond acceptors (Lipinski definition) is 2. The molecule has 0 aromatic heterocycles. The van der Waals surface area contributed by atoms with Crippen LogP contribution in [0.1, 0.15) is 62.6 Å². The first kappa shape index (κ1) is 18.8. The van der Waals surface area contributed by atoms with Crippen LogP contribution in [0.2, 0.25) is 0 Å². The van der Waals surface area contributed by atoms with Crippen LogP contribution in [0.4, 0.5) is 0 Å². The van der Waals surface area contributed by atoms with E-state index in [9.17, 15) is 0 Å². The minimum absolute atomic E-state index is 0.686. The summed E-state index contributed by atoms with van der Waals surface area (Å²) in [5.41, 5.74) is 4.16. The van der Waals surface area contributed by atoms with Crippen molar-refractivity contribution < 1.29 is 4.74 Å². The SMILES string of the molecule is CCCCCCCOc1ccc(C(C)=Cc2ccc(C#N)cc2)cc1. The Labute approximate surface area is 151 Å². The van der Waals surface area contributed by atoms with Crippen molar-refractivity contribution in [2.45, 2.75) is 46.0 Å². The van der Waals surface area contributed by atoms with Gasteiger partial charge < -0.3 is 4.74 Å². The Kier molecular flexibility index (Phi) is 7.79. The molecule has 0 aliphatic heterocycles. The molecular formula is C23H27NO. The first-order valence-corrected chi connectivity index (χ1v) is 9.14. The molecule has 2 nitrogen and oxygen atoms in total. The molecule has 0 bridgehead atoms. The van der Waals surface area contributed by atoms with Crippen molar-refractivity contribution in [2.75, 3.05) is 6.61 Å². The summed E-state index contributed by atoms with van der Waals surface area (Å²) in [6.45, 7) is 5.13. The van der Waals surface area contributed by atoms with E-state index < -0.39 is 0 Å². The molecule has 0 amide bonds. The molecule has 0 heterocycles. The first-order chi connectivity index (χ1) is 12.2. The standard InChI is InChI=1S/C23H27NO/c1-3-4-5-6-7-16-25-23-14-12-22(13-15-23)19(2)17-20-8-10-21(18-24)11-9-20/h8-15,17H,3-7,16H2,1-2H3. The Bertz CT molecular complexity index is 705. The van der Waals surface area contributed by atoms with Crippen LogP contribution in [0.3, 0.4) is 0 Å². The maximum Gasteiger partial charge on any atom is 0.119 e. The molecule has 2 heteroatoms. The summed E-state index contributed by atoms with van der Waals surface area (Å²) in [5, 5.41) is 8.85. The number of nitrogens with zero attached hydrogens (tertiary/aromatic N) is 1. The van der Waals surface area contributed by atoms with Gasteiger partial charge in [0.2, 0.25) is 0 Å². The Morgan fingerprint density at radius 3 is 2.28 bits per heavy atom. The summed E-state index contributed by atoms with van der Waals surface area (Å²) in [6, 6.07) is 18.0. The summed E-state index contributed by atoms with van der Waals surface area (Å²) in [7, 11) is 0. The maximum atomic E-state index is 8.85. The van der Waals surface area contributed by atoms with Crippen molar-refractivity contribution in [2.24, 2.45) is 0 Å². The lowest BCUT2D eigenvalue weighted by atomic mass is 10.0. The number of nitriles is 1. The van der Waals surface area contributed by atoms with Gasteiger partial charge in [-0.05, 0) is 54.3 Å². The third-order valence-corrected chi connectivity index (χ3v) is 4.25. The minimum Gasteiger partial charge on any atom is -0.494 e. The Morgan fingerprint density at radius 1 is 0.960 bits per heavy atom. The smallest absolute Gasteiger partial charge is 0.119 e. The number of ether oxygens (including phenoxy) is 1. The Hall–Kier alpha value is -2.53. The molecule has 0 saturated carbocycles. The van der Waals surface area contributed by atoms with E-state index in [0.717, 1.165) is 24.3 Å². The third-order valence-electron chi connectivity index (χ3n) is 4.25. The minimum atomic E-state index is 0.686. The van der Waals surface area contributed by atoms with Crippen molar-refractivity contribution in [3.63, 3.8) is 0 Å². The van der Waals surface area contributed by atoms with Crippen LogP contribution < -0.4 is 4.74 Å². The molecule has 0 aliphatic rings. The topological polar surface area (TPSA) is 33.0 Å². The lowest BCUT2D eigenvalue weighted by molar-refractivity contribution is 0.304. The van der Waals surface area contributed by atoms with Gasteiger partial charge in [0.25, 0.3) is 0 Å². The lowest BCUT2D eigenvalue weighted by Crippen LogP contribution is -1.97. The molecule has 2 aromatic carbocycles. The maximum absolute atomic E-state index is 8.85. The molecule has 2 rings (SSSR count). The highest BCUT2D eigenvalue weighted by Gasteiger charge is 1.99. The molecule has 0 fully saturated rings. The van der Waals surface area contributed by atoms with Crippen molar-refractivity contribution >= 4 is 11.6 Å². The number of benzene rings is 2. The van der Waals surface area contributed by atoms with Gasteiger partial charge in [-0.25, -0.2) is 0 Å². The normalized spacial score (nSPS) is 11.2. The zero-order valence-corrected chi connectivity index (χ0v) is 15.3. The second kappa shape index (κ2) is 10.4. The zero-order chi connectivity index (χ0) is 17.9. The molecule has 0 N–H and O–H groups in total. The van der Waals surface area contributed by atoms with Gasteiger partial charge in [-0.15, -0.1) is 0 Å². The molecule has 0 spiro atoms. The molecule has 25 heavy (non-hydrogen) atoms. The van der Waals surface area contributed by atoms with E-state index in [0.29, 0.717) is 5.56 Å². The first-order valence-electron chi connectivity index (χ1n) is 9.14. The molecule has 0 radical (unpaired) electrons.